The van der Waals surface area contributed by atoms with Gasteiger partial charge >= 0.3 is 0 Å². The highest BCUT2D eigenvalue weighted by atomic mass is 16.5. The predicted octanol–water partition coefficient (Wildman–Crippen LogP) is 3.15. The van der Waals surface area contributed by atoms with Crippen molar-refractivity contribution in [1.29, 1.82) is 0 Å². The monoisotopic (exact) mass is 370 g/mol. The van der Waals surface area contributed by atoms with Gasteiger partial charge in [0, 0.05) is 17.7 Å². The van der Waals surface area contributed by atoms with Gasteiger partial charge in [0.15, 0.2) is 11.5 Å². The summed E-state index contributed by atoms with van der Waals surface area (Å²) in [6.07, 6.45) is 0.968. The molecule has 6 nitrogen and oxygen atoms in total. The summed E-state index contributed by atoms with van der Waals surface area (Å²) in [5, 5.41) is 2.84. The van der Waals surface area contributed by atoms with Gasteiger partial charge in [0.05, 0.1) is 13.7 Å². The second-order valence-electron chi connectivity index (χ2n) is 6.64. The second kappa shape index (κ2) is 9.62. The van der Waals surface area contributed by atoms with Crippen LogP contribution < -0.4 is 20.5 Å². The lowest BCUT2D eigenvalue weighted by Crippen LogP contribution is -2.23. The number of rotatable bonds is 9. The highest BCUT2D eigenvalue weighted by Gasteiger charge is 2.09. The summed E-state index contributed by atoms with van der Waals surface area (Å²) in [6, 6.07) is 11.8. The van der Waals surface area contributed by atoms with Crippen LogP contribution in [0, 0.1) is 5.92 Å². The molecular weight excluding hydrogens is 344 g/mol. The van der Waals surface area contributed by atoms with Crippen molar-refractivity contribution in [3.63, 3.8) is 0 Å². The highest BCUT2D eigenvalue weighted by molar-refractivity contribution is 5.97. The zero-order chi connectivity index (χ0) is 19.8. The van der Waals surface area contributed by atoms with Crippen LogP contribution in [0.2, 0.25) is 0 Å². The van der Waals surface area contributed by atoms with Crippen LogP contribution in [0.4, 0.5) is 0 Å². The van der Waals surface area contributed by atoms with Gasteiger partial charge in [-0.15, -0.1) is 0 Å². The molecule has 0 radical (unpaired) electrons. The number of carbonyl (C=O) groups is 2. The minimum atomic E-state index is -0.523. The number of benzene rings is 2. The van der Waals surface area contributed by atoms with Crippen LogP contribution >= 0.6 is 0 Å². The number of methoxy groups -OCH3 is 1. The molecule has 0 spiro atoms. The van der Waals surface area contributed by atoms with Crippen LogP contribution in [-0.2, 0) is 6.54 Å². The SMILES string of the molecule is COc1cc(CNC(=O)c2ccc(C(N)=O)cc2)ccc1OCCC(C)C. The molecule has 6 heteroatoms. The van der Waals surface area contributed by atoms with Gasteiger partial charge in [0.1, 0.15) is 0 Å². The van der Waals surface area contributed by atoms with Crippen LogP contribution in [0.15, 0.2) is 42.5 Å². The van der Waals surface area contributed by atoms with Crippen molar-refractivity contribution in [2.24, 2.45) is 11.7 Å². The normalized spacial score (nSPS) is 10.5. The van der Waals surface area contributed by atoms with Gasteiger partial charge in [-0.3, -0.25) is 9.59 Å². The van der Waals surface area contributed by atoms with E-state index in [0.717, 1.165) is 12.0 Å². The summed E-state index contributed by atoms with van der Waals surface area (Å²) in [7, 11) is 1.59. The van der Waals surface area contributed by atoms with Crippen molar-refractivity contribution >= 4 is 11.8 Å². The number of amides is 2. The van der Waals surface area contributed by atoms with E-state index in [1.807, 2.05) is 18.2 Å². The molecule has 0 aromatic heterocycles. The number of ether oxygens (including phenoxy) is 2. The molecule has 144 valence electrons. The number of carbonyl (C=O) groups excluding carboxylic acids is 2. The number of nitrogens with one attached hydrogen (secondary N) is 1. The topological polar surface area (TPSA) is 90.6 Å². The Bertz CT molecular complexity index is 785. The molecule has 0 atom stereocenters. The fourth-order valence-electron chi connectivity index (χ4n) is 2.42. The molecule has 0 aliphatic rings. The van der Waals surface area contributed by atoms with E-state index in [4.69, 9.17) is 15.2 Å². The number of hydrogen-bond donors (Lipinski definition) is 2. The molecule has 2 rings (SSSR count). The summed E-state index contributed by atoms with van der Waals surface area (Å²) in [4.78, 5) is 23.3. The average Bonchev–Trinajstić information content (AvgIpc) is 2.66. The summed E-state index contributed by atoms with van der Waals surface area (Å²) in [6.45, 7) is 5.27. The molecule has 0 aliphatic carbocycles. The number of hydrogen-bond acceptors (Lipinski definition) is 4. The second-order valence-corrected chi connectivity index (χ2v) is 6.64. The number of nitrogens with two attached hydrogens (primary N) is 1. The molecule has 27 heavy (non-hydrogen) atoms. The fourth-order valence-corrected chi connectivity index (χ4v) is 2.42. The van der Waals surface area contributed by atoms with E-state index in [9.17, 15) is 9.59 Å². The summed E-state index contributed by atoms with van der Waals surface area (Å²) >= 11 is 0. The zero-order valence-corrected chi connectivity index (χ0v) is 16.0. The first kappa shape index (κ1) is 20.3. The molecule has 0 saturated carbocycles. The Kier molecular flexibility index (Phi) is 7.23. The average molecular weight is 370 g/mol. The fraction of sp³-hybridized carbons (Fsp3) is 0.333. The van der Waals surface area contributed by atoms with Crippen LogP contribution in [0.25, 0.3) is 0 Å². The maximum atomic E-state index is 12.2. The molecule has 0 bridgehead atoms. The van der Waals surface area contributed by atoms with Gasteiger partial charge in [0.2, 0.25) is 5.91 Å². The van der Waals surface area contributed by atoms with Gasteiger partial charge in [-0.25, -0.2) is 0 Å². The van der Waals surface area contributed by atoms with Crippen molar-refractivity contribution in [3.05, 3.63) is 59.2 Å². The van der Waals surface area contributed by atoms with E-state index >= 15 is 0 Å². The molecule has 3 N–H and O–H groups in total. The van der Waals surface area contributed by atoms with Crippen LogP contribution in [-0.4, -0.2) is 25.5 Å². The van der Waals surface area contributed by atoms with Crippen molar-refractivity contribution < 1.29 is 19.1 Å². The van der Waals surface area contributed by atoms with Crippen molar-refractivity contribution in [1.82, 2.24) is 5.32 Å². The van der Waals surface area contributed by atoms with E-state index < -0.39 is 5.91 Å². The largest absolute Gasteiger partial charge is 0.493 e. The van der Waals surface area contributed by atoms with Crippen molar-refractivity contribution in [2.75, 3.05) is 13.7 Å². The molecular formula is C21H26N2O4. The third-order valence-electron chi connectivity index (χ3n) is 4.07. The van der Waals surface area contributed by atoms with Crippen LogP contribution in [0.3, 0.4) is 0 Å². The Morgan fingerprint density at radius 2 is 1.70 bits per heavy atom. The van der Waals surface area contributed by atoms with Crippen molar-refractivity contribution in [3.8, 4) is 11.5 Å². The third kappa shape index (κ3) is 6.02. The molecule has 2 aromatic carbocycles. The molecule has 0 saturated heterocycles. The highest BCUT2D eigenvalue weighted by Crippen LogP contribution is 2.28. The van der Waals surface area contributed by atoms with E-state index in [0.29, 0.717) is 41.7 Å². The molecule has 0 unspecified atom stereocenters. The van der Waals surface area contributed by atoms with Crippen LogP contribution in [0.1, 0.15) is 46.5 Å². The minimum Gasteiger partial charge on any atom is -0.493 e. The summed E-state index contributed by atoms with van der Waals surface area (Å²) < 4.78 is 11.2. The Morgan fingerprint density at radius 3 is 2.30 bits per heavy atom. The Morgan fingerprint density at radius 1 is 1.04 bits per heavy atom. The first-order valence-corrected chi connectivity index (χ1v) is 8.88. The molecule has 2 amide bonds. The Balaban J connectivity index is 1.96. The lowest BCUT2D eigenvalue weighted by Gasteiger charge is -2.13. The Labute approximate surface area is 159 Å². The lowest BCUT2D eigenvalue weighted by molar-refractivity contribution is 0.0948. The number of primary amides is 1. The van der Waals surface area contributed by atoms with Crippen molar-refractivity contribution in [2.45, 2.75) is 26.8 Å². The Hall–Kier alpha value is -3.02. The van der Waals surface area contributed by atoms with Gasteiger partial charge < -0.3 is 20.5 Å². The molecule has 2 aromatic rings. The predicted molar refractivity (Wildman–Crippen MR) is 104 cm³/mol. The van der Waals surface area contributed by atoms with E-state index in [2.05, 4.69) is 19.2 Å². The quantitative estimate of drug-likeness (QED) is 0.709. The summed E-state index contributed by atoms with van der Waals surface area (Å²) in [5.74, 6) is 1.14. The third-order valence-corrected chi connectivity index (χ3v) is 4.07. The van der Waals surface area contributed by atoms with Gasteiger partial charge in [0.25, 0.3) is 5.91 Å². The standard InChI is InChI=1S/C21H26N2O4/c1-14(2)10-11-27-18-9-4-15(12-19(18)26-3)13-23-21(25)17-7-5-16(6-8-17)20(22)24/h4-9,12,14H,10-11,13H2,1-3H3,(H2,22,24)(H,23,25). The first-order valence-electron chi connectivity index (χ1n) is 8.88. The van der Waals surface area contributed by atoms with Gasteiger partial charge in [-0.05, 0) is 54.3 Å². The van der Waals surface area contributed by atoms with E-state index in [1.54, 1.807) is 19.2 Å². The zero-order valence-electron chi connectivity index (χ0n) is 16.0. The van der Waals surface area contributed by atoms with Gasteiger partial charge in [-0.1, -0.05) is 19.9 Å². The molecule has 0 heterocycles. The smallest absolute Gasteiger partial charge is 0.251 e. The van der Waals surface area contributed by atoms with E-state index in [1.165, 1.54) is 12.1 Å². The first-order chi connectivity index (χ1) is 12.9. The van der Waals surface area contributed by atoms with Gasteiger partial charge in [-0.2, -0.15) is 0 Å². The maximum Gasteiger partial charge on any atom is 0.251 e. The lowest BCUT2D eigenvalue weighted by atomic mass is 10.1. The van der Waals surface area contributed by atoms with Crippen LogP contribution in [0.5, 0.6) is 11.5 Å². The maximum absolute atomic E-state index is 12.2. The molecule has 0 fully saturated rings. The minimum absolute atomic E-state index is 0.234. The molecule has 0 aliphatic heterocycles. The van der Waals surface area contributed by atoms with E-state index in [-0.39, 0.29) is 5.91 Å². The summed E-state index contributed by atoms with van der Waals surface area (Å²) in [5.41, 5.74) is 6.92.